The molecule has 5 rings (SSSR count). The van der Waals surface area contributed by atoms with Crippen molar-refractivity contribution in [1.82, 2.24) is 10.0 Å². The molecule has 2 saturated heterocycles. The summed E-state index contributed by atoms with van der Waals surface area (Å²) >= 11 is 3.55. The number of halogens is 1. The van der Waals surface area contributed by atoms with Gasteiger partial charge in [-0.2, -0.15) is 0 Å². The summed E-state index contributed by atoms with van der Waals surface area (Å²) in [7, 11) is 0. The van der Waals surface area contributed by atoms with Gasteiger partial charge >= 0.3 is 0 Å². The molecule has 0 radical (unpaired) electrons. The van der Waals surface area contributed by atoms with Gasteiger partial charge in [0.15, 0.2) is 0 Å². The Hall–Kier alpha value is -1.91. The molecular formula is C23H23BrN2O. The third kappa shape index (κ3) is 2.14. The summed E-state index contributed by atoms with van der Waals surface area (Å²) in [6, 6.07) is 17.3. The van der Waals surface area contributed by atoms with Crippen LogP contribution in [0.5, 0.6) is 0 Å². The van der Waals surface area contributed by atoms with Gasteiger partial charge in [0.25, 0.3) is 0 Å². The highest BCUT2D eigenvalue weighted by atomic mass is 79.9. The van der Waals surface area contributed by atoms with Crippen molar-refractivity contribution in [2.75, 3.05) is 0 Å². The average Bonchev–Trinajstić information content (AvgIpc) is 3.15. The topological polar surface area (TPSA) is 23.6 Å². The minimum Gasteiger partial charge on any atom is -0.273 e. The summed E-state index contributed by atoms with van der Waals surface area (Å²) in [5.74, 6) is 0.222. The lowest BCUT2D eigenvalue weighted by Crippen LogP contribution is -2.49. The molecule has 2 aromatic carbocycles. The van der Waals surface area contributed by atoms with Gasteiger partial charge in [-0.25, -0.2) is 5.01 Å². The number of rotatable bonds is 1. The van der Waals surface area contributed by atoms with Crippen LogP contribution in [-0.4, -0.2) is 27.0 Å². The number of carbonyl (C=O) groups is 1. The predicted octanol–water partition coefficient (Wildman–Crippen LogP) is 5.33. The van der Waals surface area contributed by atoms with Gasteiger partial charge in [-0.1, -0.05) is 52.3 Å². The van der Waals surface area contributed by atoms with E-state index in [1.807, 2.05) is 5.01 Å². The molecule has 2 heterocycles. The van der Waals surface area contributed by atoms with E-state index in [1.54, 1.807) is 0 Å². The van der Waals surface area contributed by atoms with Crippen LogP contribution in [0.25, 0.3) is 5.57 Å². The van der Waals surface area contributed by atoms with E-state index in [0.717, 1.165) is 4.47 Å². The Labute approximate surface area is 168 Å². The van der Waals surface area contributed by atoms with Crippen LogP contribution in [0.4, 0.5) is 0 Å². The molecule has 1 amide bonds. The number of carbonyl (C=O) groups excluding carboxylic acids is 1. The standard InChI is InChI=1S/C23H23BrN2O/c1-22(2)13-18(27)25-23(3,4)20-19(14-9-11-15(24)12-10-14)16-7-5-6-8-17(16)21(20)26(22)25/h5-12,21H,13H2,1-4H3. The fraction of sp³-hybridized carbons (Fsp3) is 0.348. The average molecular weight is 423 g/mol. The summed E-state index contributed by atoms with van der Waals surface area (Å²) in [6.07, 6.45) is 0.565. The highest BCUT2D eigenvalue weighted by Gasteiger charge is 2.63. The van der Waals surface area contributed by atoms with E-state index in [1.165, 1.54) is 27.8 Å². The maximum Gasteiger partial charge on any atom is 0.239 e. The van der Waals surface area contributed by atoms with E-state index in [4.69, 9.17) is 0 Å². The van der Waals surface area contributed by atoms with Gasteiger partial charge in [0.2, 0.25) is 5.91 Å². The number of fused-ring (bicyclic) bond motifs is 5. The first-order valence-electron chi connectivity index (χ1n) is 9.46. The monoisotopic (exact) mass is 422 g/mol. The Kier molecular flexibility index (Phi) is 3.40. The molecule has 1 aliphatic carbocycles. The van der Waals surface area contributed by atoms with E-state index in [0.29, 0.717) is 6.42 Å². The third-order valence-corrected chi connectivity index (χ3v) is 6.82. The summed E-state index contributed by atoms with van der Waals surface area (Å²) in [5.41, 5.74) is 5.90. The normalized spacial score (nSPS) is 25.0. The summed E-state index contributed by atoms with van der Waals surface area (Å²) in [4.78, 5) is 13.0. The molecule has 3 nitrogen and oxygen atoms in total. The van der Waals surface area contributed by atoms with E-state index >= 15 is 0 Å². The van der Waals surface area contributed by atoms with E-state index in [2.05, 4.69) is 97.2 Å². The second-order valence-electron chi connectivity index (χ2n) is 8.88. The predicted molar refractivity (Wildman–Crippen MR) is 111 cm³/mol. The van der Waals surface area contributed by atoms with Crippen LogP contribution in [-0.2, 0) is 4.79 Å². The number of hydrogen-bond acceptors (Lipinski definition) is 2. The Morgan fingerprint density at radius 1 is 1.00 bits per heavy atom. The zero-order valence-corrected chi connectivity index (χ0v) is 17.7. The van der Waals surface area contributed by atoms with Crippen LogP contribution in [0.1, 0.15) is 56.8 Å². The molecule has 1 atom stereocenters. The maximum atomic E-state index is 13.0. The first-order valence-corrected chi connectivity index (χ1v) is 10.2. The number of nitrogens with zero attached hydrogens (tertiary/aromatic N) is 2. The lowest BCUT2D eigenvalue weighted by molar-refractivity contribution is -0.145. The van der Waals surface area contributed by atoms with Crippen molar-refractivity contribution in [2.45, 2.75) is 51.2 Å². The van der Waals surface area contributed by atoms with Crippen LogP contribution < -0.4 is 0 Å². The summed E-state index contributed by atoms with van der Waals surface area (Å²) in [5, 5.41) is 4.37. The zero-order valence-electron chi connectivity index (χ0n) is 16.1. The molecule has 0 spiro atoms. The second kappa shape index (κ2) is 5.33. The maximum absolute atomic E-state index is 13.0. The van der Waals surface area contributed by atoms with Crippen molar-refractivity contribution < 1.29 is 4.79 Å². The van der Waals surface area contributed by atoms with Crippen LogP contribution in [0.2, 0.25) is 0 Å². The van der Waals surface area contributed by atoms with Crippen LogP contribution in [0.3, 0.4) is 0 Å². The first-order chi connectivity index (χ1) is 12.7. The summed E-state index contributed by atoms with van der Waals surface area (Å²) < 4.78 is 1.08. The van der Waals surface area contributed by atoms with Crippen molar-refractivity contribution in [3.05, 3.63) is 75.3 Å². The molecule has 0 bridgehead atoms. The zero-order chi connectivity index (χ0) is 19.1. The molecule has 138 valence electrons. The highest BCUT2D eigenvalue weighted by molar-refractivity contribution is 9.10. The van der Waals surface area contributed by atoms with Crippen LogP contribution in [0.15, 0.2) is 58.6 Å². The number of benzene rings is 2. The van der Waals surface area contributed by atoms with E-state index in [9.17, 15) is 4.79 Å². The SMILES string of the molecule is CC1(C)CC(=O)N2N1C1C(=C(c3ccc(Br)cc3)c3ccccc31)C2(C)C. The number of hydrazine groups is 1. The fourth-order valence-electron chi connectivity index (χ4n) is 5.30. The smallest absolute Gasteiger partial charge is 0.239 e. The van der Waals surface area contributed by atoms with E-state index in [-0.39, 0.29) is 23.0 Å². The molecule has 0 N–H and O–H groups in total. The van der Waals surface area contributed by atoms with Gasteiger partial charge in [-0.3, -0.25) is 9.80 Å². The molecule has 2 aliphatic heterocycles. The first kappa shape index (κ1) is 17.2. The van der Waals surface area contributed by atoms with Gasteiger partial charge in [-0.05, 0) is 67.7 Å². The minimum atomic E-state index is -0.350. The highest BCUT2D eigenvalue weighted by Crippen LogP contribution is 2.61. The molecule has 2 fully saturated rings. The second-order valence-corrected chi connectivity index (χ2v) is 9.80. The lowest BCUT2D eigenvalue weighted by Gasteiger charge is -2.38. The molecule has 1 unspecified atom stereocenters. The molecule has 2 aromatic rings. The number of amides is 1. The largest absolute Gasteiger partial charge is 0.273 e. The number of hydrogen-bond donors (Lipinski definition) is 0. The van der Waals surface area contributed by atoms with Crippen molar-refractivity contribution in [1.29, 1.82) is 0 Å². The van der Waals surface area contributed by atoms with Crippen LogP contribution in [0, 0.1) is 0 Å². The van der Waals surface area contributed by atoms with Crippen molar-refractivity contribution in [3.8, 4) is 0 Å². The fourth-order valence-corrected chi connectivity index (χ4v) is 5.56. The van der Waals surface area contributed by atoms with Crippen molar-refractivity contribution >= 4 is 27.4 Å². The Morgan fingerprint density at radius 3 is 2.37 bits per heavy atom. The van der Waals surface area contributed by atoms with Crippen LogP contribution >= 0.6 is 15.9 Å². The molecule has 4 heteroatoms. The minimum absolute atomic E-state index is 0.122. The van der Waals surface area contributed by atoms with Gasteiger partial charge in [0.05, 0.1) is 11.6 Å². The molecule has 27 heavy (non-hydrogen) atoms. The lowest BCUT2D eigenvalue weighted by atomic mass is 9.85. The van der Waals surface area contributed by atoms with Crippen molar-refractivity contribution in [3.63, 3.8) is 0 Å². The molecule has 0 aromatic heterocycles. The van der Waals surface area contributed by atoms with Gasteiger partial charge in [-0.15, -0.1) is 0 Å². The Morgan fingerprint density at radius 2 is 1.67 bits per heavy atom. The van der Waals surface area contributed by atoms with Gasteiger partial charge in [0.1, 0.15) is 0 Å². The molecule has 0 saturated carbocycles. The molecular weight excluding hydrogens is 400 g/mol. The van der Waals surface area contributed by atoms with Crippen molar-refractivity contribution in [2.24, 2.45) is 0 Å². The summed E-state index contributed by atoms with van der Waals surface area (Å²) in [6.45, 7) is 8.76. The third-order valence-electron chi connectivity index (χ3n) is 6.29. The Bertz CT molecular complexity index is 1000. The van der Waals surface area contributed by atoms with E-state index < -0.39 is 0 Å². The van der Waals surface area contributed by atoms with Gasteiger partial charge < -0.3 is 0 Å². The quantitative estimate of drug-likeness (QED) is 0.620. The Balaban J connectivity index is 1.83. The molecule has 3 aliphatic rings. The van der Waals surface area contributed by atoms with Gasteiger partial charge in [0, 0.05) is 16.4 Å².